The first-order valence-corrected chi connectivity index (χ1v) is 6.76. The molecule has 1 aromatic rings. The van der Waals surface area contributed by atoms with Crippen molar-refractivity contribution in [3.05, 3.63) is 24.2 Å². The zero-order valence-corrected chi connectivity index (χ0v) is 11.0. The topological polar surface area (TPSA) is 59.5 Å². The Kier molecular flexibility index (Phi) is 4.42. The number of amides is 1. The van der Waals surface area contributed by atoms with Gasteiger partial charge in [0.25, 0.3) is 0 Å². The number of hydrogen-bond acceptors (Lipinski definition) is 3. The summed E-state index contributed by atoms with van der Waals surface area (Å²) in [4.78, 5) is 14.3. The van der Waals surface area contributed by atoms with E-state index in [4.69, 9.17) is 10.2 Å². The molecule has 2 unspecified atom stereocenters. The second-order valence-corrected chi connectivity index (χ2v) is 5.11. The van der Waals surface area contributed by atoms with Gasteiger partial charge in [0.05, 0.1) is 12.5 Å². The number of carbonyl (C=O) groups is 1. The predicted molar refractivity (Wildman–Crippen MR) is 69.7 cm³/mol. The SMILES string of the molecule is CCN(Cc1ccoc1)C(=O)C1CCCC(N)C1. The zero-order valence-electron chi connectivity index (χ0n) is 11.0. The highest BCUT2D eigenvalue weighted by molar-refractivity contribution is 5.79. The van der Waals surface area contributed by atoms with Crippen LogP contribution < -0.4 is 5.73 Å². The van der Waals surface area contributed by atoms with Gasteiger partial charge in [-0.05, 0) is 32.3 Å². The number of carbonyl (C=O) groups excluding carboxylic acids is 1. The van der Waals surface area contributed by atoms with Crippen LogP contribution in [0.4, 0.5) is 0 Å². The van der Waals surface area contributed by atoms with Gasteiger partial charge in [0.1, 0.15) is 0 Å². The van der Waals surface area contributed by atoms with Crippen LogP contribution in [0, 0.1) is 5.92 Å². The van der Waals surface area contributed by atoms with E-state index < -0.39 is 0 Å². The lowest BCUT2D eigenvalue weighted by molar-refractivity contribution is -0.137. The van der Waals surface area contributed by atoms with Gasteiger partial charge >= 0.3 is 0 Å². The second-order valence-electron chi connectivity index (χ2n) is 5.11. The number of furan rings is 1. The highest BCUT2D eigenvalue weighted by Gasteiger charge is 2.28. The van der Waals surface area contributed by atoms with Crippen molar-refractivity contribution in [3.8, 4) is 0 Å². The molecule has 2 rings (SSSR count). The van der Waals surface area contributed by atoms with Crippen LogP contribution in [-0.2, 0) is 11.3 Å². The molecule has 1 fully saturated rings. The molecule has 0 saturated heterocycles. The van der Waals surface area contributed by atoms with E-state index >= 15 is 0 Å². The number of nitrogens with zero attached hydrogens (tertiary/aromatic N) is 1. The summed E-state index contributed by atoms with van der Waals surface area (Å²) in [6.07, 6.45) is 7.28. The zero-order chi connectivity index (χ0) is 13.0. The Labute approximate surface area is 108 Å². The minimum Gasteiger partial charge on any atom is -0.472 e. The quantitative estimate of drug-likeness (QED) is 0.890. The Hall–Kier alpha value is -1.29. The van der Waals surface area contributed by atoms with Gasteiger partial charge in [-0.3, -0.25) is 4.79 Å². The van der Waals surface area contributed by atoms with Crippen molar-refractivity contribution in [1.29, 1.82) is 0 Å². The van der Waals surface area contributed by atoms with E-state index in [1.165, 1.54) is 0 Å². The summed E-state index contributed by atoms with van der Waals surface area (Å²) in [6.45, 7) is 3.38. The third-order valence-corrected chi connectivity index (χ3v) is 3.71. The molecule has 0 radical (unpaired) electrons. The molecule has 2 atom stereocenters. The average Bonchev–Trinajstić information content (AvgIpc) is 2.88. The van der Waals surface area contributed by atoms with Crippen molar-refractivity contribution in [2.75, 3.05) is 6.54 Å². The maximum Gasteiger partial charge on any atom is 0.226 e. The van der Waals surface area contributed by atoms with Crippen LogP contribution in [0.15, 0.2) is 23.0 Å². The van der Waals surface area contributed by atoms with E-state index in [2.05, 4.69) is 0 Å². The van der Waals surface area contributed by atoms with Crippen molar-refractivity contribution in [1.82, 2.24) is 4.90 Å². The Morgan fingerprint density at radius 2 is 2.39 bits per heavy atom. The van der Waals surface area contributed by atoms with Crippen molar-refractivity contribution >= 4 is 5.91 Å². The Bertz CT molecular complexity index is 375. The standard InChI is InChI=1S/C14H22N2O2/c1-2-16(9-11-6-7-18-10-11)14(17)12-4-3-5-13(15)8-12/h6-7,10,12-13H,2-5,8-9,15H2,1H3. The first-order chi connectivity index (χ1) is 8.70. The van der Waals surface area contributed by atoms with Gasteiger partial charge in [0, 0.05) is 30.6 Å². The molecule has 1 amide bonds. The Balaban J connectivity index is 1.96. The third-order valence-electron chi connectivity index (χ3n) is 3.71. The van der Waals surface area contributed by atoms with Gasteiger partial charge in [-0.15, -0.1) is 0 Å². The van der Waals surface area contributed by atoms with E-state index in [0.717, 1.165) is 37.8 Å². The molecule has 4 nitrogen and oxygen atoms in total. The van der Waals surface area contributed by atoms with E-state index in [1.807, 2.05) is 17.9 Å². The lowest BCUT2D eigenvalue weighted by atomic mass is 9.85. The fraction of sp³-hybridized carbons (Fsp3) is 0.643. The van der Waals surface area contributed by atoms with Crippen LogP contribution in [0.5, 0.6) is 0 Å². The summed E-state index contributed by atoms with van der Waals surface area (Å²) < 4.78 is 5.04. The van der Waals surface area contributed by atoms with Crippen LogP contribution in [0.1, 0.15) is 38.2 Å². The lowest BCUT2D eigenvalue weighted by Gasteiger charge is -2.30. The van der Waals surface area contributed by atoms with Gasteiger partial charge in [-0.2, -0.15) is 0 Å². The minimum absolute atomic E-state index is 0.112. The molecular formula is C14H22N2O2. The van der Waals surface area contributed by atoms with E-state index in [-0.39, 0.29) is 17.9 Å². The molecule has 1 aliphatic rings. The molecule has 18 heavy (non-hydrogen) atoms. The summed E-state index contributed by atoms with van der Waals surface area (Å²) in [5.74, 6) is 0.356. The molecule has 0 aliphatic heterocycles. The molecule has 4 heteroatoms. The summed E-state index contributed by atoms with van der Waals surface area (Å²) >= 11 is 0. The number of hydrogen-bond donors (Lipinski definition) is 1. The summed E-state index contributed by atoms with van der Waals surface area (Å²) in [6, 6.07) is 2.10. The van der Waals surface area contributed by atoms with Crippen LogP contribution in [-0.4, -0.2) is 23.4 Å². The lowest BCUT2D eigenvalue weighted by Crippen LogP contribution is -2.40. The van der Waals surface area contributed by atoms with Gasteiger partial charge in [0.15, 0.2) is 0 Å². The smallest absolute Gasteiger partial charge is 0.226 e. The molecule has 2 N–H and O–H groups in total. The number of nitrogens with two attached hydrogens (primary N) is 1. The fourth-order valence-corrected chi connectivity index (χ4v) is 2.66. The molecule has 100 valence electrons. The largest absolute Gasteiger partial charge is 0.472 e. The van der Waals surface area contributed by atoms with Crippen LogP contribution >= 0.6 is 0 Å². The van der Waals surface area contributed by atoms with Crippen molar-refractivity contribution in [2.45, 2.75) is 45.2 Å². The Morgan fingerprint density at radius 3 is 3.00 bits per heavy atom. The van der Waals surface area contributed by atoms with Crippen molar-refractivity contribution in [2.24, 2.45) is 11.7 Å². The van der Waals surface area contributed by atoms with Crippen molar-refractivity contribution < 1.29 is 9.21 Å². The highest BCUT2D eigenvalue weighted by atomic mass is 16.3. The van der Waals surface area contributed by atoms with Gasteiger partial charge in [-0.25, -0.2) is 0 Å². The maximum absolute atomic E-state index is 12.4. The summed E-state index contributed by atoms with van der Waals surface area (Å²) in [5, 5.41) is 0. The molecule has 0 aromatic carbocycles. The van der Waals surface area contributed by atoms with Crippen LogP contribution in [0.2, 0.25) is 0 Å². The number of rotatable bonds is 4. The summed E-state index contributed by atoms with van der Waals surface area (Å²) in [5.41, 5.74) is 7.00. The summed E-state index contributed by atoms with van der Waals surface area (Å²) in [7, 11) is 0. The molecule has 1 saturated carbocycles. The van der Waals surface area contributed by atoms with E-state index in [0.29, 0.717) is 6.54 Å². The Morgan fingerprint density at radius 1 is 1.56 bits per heavy atom. The van der Waals surface area contributed by atoms with Gasteiger partial charge in [-0.1, -0.05) is 6.42 Å². The average molecular weight is 250 g/mol. The first-order valence-electron chi connectivity index (χ1n) is 6.76. The molecule has 1 aromatic heterocycles. The van der Waals surface area contributed by atoms with Crippen LogP contribution in [0.25, 0.3) is 0 Å². The monoisotopic (exact) mass is 250 g/mol. The van der Waals surface area contributed by atoms with Crippen LogP contribution in [0.3, 0.4) is 0 Å². The van der Waals surface area contributed by atoms with Crippen molar-refractivity contribution in [3.63, 3.8) is 0 Å². The van der Waals surface area contributed by atoms with Gasteiger partial charge < -0.3 is 15.1 Å². The molecule has 0 spiro atoms. The highest BCUT2D eigenvalue weighted by Crippen LogP contribution is 2.25. The third kappa shape index (κ3) is 3.13. The fourth-order valence-electron chi connectivity index (χ4n) is 2.66. The van der Waals surface area contributed by atoms with Gasteiger partial charge in [0.2, 0.25) is 5.91 Å². The molecule has 0 bridgehead atoms. The maximum atomic E-state index is 12.4. The predicted octanol–water partition coefficient (Wildman–Crippen LogP) is 2.15. The second kappa shape index (κ2) is 6.05. The van der Waals surface area contributed by atoms with E-state index in [9.17, 15) is 4.79 Å². The van der Waals surface area contributed by atoms with E-state index in [1.54, 1.807) is 12.5 Å². The molecule has 1 heterocycles. The molecular weight excluding hydrogens is 228 g/mol. The molecule has 1 aliphatic carbocycles. The normalized spacial score (nSPS) is 23.9. The minimum atomic E-state index is 0.112. The first kappa shape index (κ1) is 13.1.